The van der Waals surface area contributed by atoms with Crippen LogP contribution < -0.4 is 5.32 Å². The number of rotatable bonds is 4. The topological polar surface area (TPSA) is 102 Å². The van der Waals surface area contributed by atoms with Gasteiger partial charge in [0, 0.05) is 10.7 Å². The molecule has 4 N–H and O–H groups in total. The molecular weight excluding hydrogens is 268 g/mol. The Balaban J connectivity index is 2.47. The largest absolute Gasteiger partial charge is 0.479 e. The Hall–Kier alpha value is -1.34. The maximum atomic E-state index is 11.3. The summed E-state index contributed by atoms with van der Waals surface area (Å²) < 4.78 is 0.714. The van der Waals surface area contributed by atoms with E-state index in [4.69, 9.17) is 10.2 Å². The third-order valence-corrected chi connectivity index (χ3v) is 2.09. The number of aliphatic hydroxyl groups is 1. The molecule has 0 saturated carbocycles. The van der Waals surface area contributed by atoms with Gasteiger partial charge in [-0.05, 0) is 22.0 Å². The van der Waals surface area contributed by atoms with Crippen LogP contribution >= 0.6 is 15.9 Å². The second-order valence-corrected chi connectivity index (χ2v) is 3.71. The van der Waals surface area contributed by atoms with Gasteiger partial charge in [-0.1, -0.05) is 0 Å². The summed E-state index contributed by atoms with van der Waals surface area (Å²) in [5.74, 6) is -1.84. The van der Waals surface area contributed by atoms with Crippen LogP contribution in [0.2, 0.25) is 0 Å². The lowest BCUT2D eigenvalue weighted by atomic mass is 10.3. The molecule has 6 nitrogen and oxygen atoms in total. The number of aliphatic carboxylic acids is 1. The van der Waals surface area contributed by atoms with Crippen LogP contribution in [0.1, 0.15) is 10.5 Å². The van der Waals surface area contributed by atoms with Crippen molar-refractivity contribution in [2.45, 2.75) is 6.10 Å². The van der Waals surface area contributed by atoms with E-state index in [2.05, 4.69) is 26.2 Å². The molecule has 1 aromatic heterocycles. The van der Waals surface area contributed by atoms with Gasteiger partial charge in [0.15, 0.2) is 6.10 Å². The molecule has 0 fully saturated rings. The van der Waals surface area contributed by atoms with Crippen molar-refractivity contribution in [3.63, 3.8) is 0 Å². The first-order valence-corrected chi connectivity index (χ1v) is 4.83. The van der Waals surface area contributed by atoms with Crippen molar-refractivity contribution in [3.05, 3.63) is 22.4 Å². The molecule has 1 heterocycles. The minimum Gasteiger partial charge on any atom is -0.479 e. The Kier molecular flexibility index (Phi) is 3.87. The second-order valence-electron chi connectivity index (χ2n) is 2.80. The van der Waals surface area contributed by atoms with Gasteiger partial charge in [0.25, 0.3) is 5.91 Å². The first-order valence-electron chi connectivity index (χ1n) is 4.03. The van der Waals surface area contributed by atoms with E-state index in [1.807, 2.05) is 0 Å². The van der Waals surface area contributed by atoms with Gasteiger partial charge in [-0.25, -0.2) is 4.79 Å². The zero-order valence-corrected chi connectivity index (χ0v) is 9.11. The number of aromatic nitrogens is 1. The van der Waals surface area contributed by atoms with Crippen LogP contribution in [0.3, 0.4) is 0 Å². The second kappa shape index (κ2) is 4.94. The number of halogens is 1. The van der Waals surface area contributed by atoms with Crippen molar-refractivity contribution in [2.24, 2.45) is 0 Å². The van der Waals surface area contributed by atoms with Gasteiger partial charge >= 0.3 is 5.97 Å². The molecule has 82 valence electrons. The maximum Gasteiger partial charge on any atom is 0.334 e. The van der Waals surface area contributed by atoms with Crippen LogP contribution in [0.25, 0.3) is 0 Å². The monoisotopic (exact) mass is 276 g/mol. The summed E-state index contributed by atoms with van der Waals surface area (Å²) in [5.41, 5.74) is 0.291. The molecule has 15 heavy (non-hydrogen) atoms. The number of H-pyrrole nitrogens is 1. The summed E-state index contributed by atoms with van der Waals surface area (Å²) in [6, 6.07) is 1.54. The Morgan fingerprint density at radius 1 is 1.60 bits per heavy atom. The molecule has 0 aromatic carbocycles. The minimum atomic E-state index is -1.59. The molecule has 0 saturated heterocycles. The number of carbonyl (C=O) groups is 2. The number of amides is 1. The average Bonchev–Trinajstić information content (AvgIpc) is 2.60. The summed E-state index contributed by atoms with van der Waals surface area (Å²) >= 11 is 3.15. The smallest absolute Gasteiger partial charge is 0.334 e. The standard InChI is InChI=1S/C8H9BrN2O4/c9-4-1-5(10-2-4)7(13)11-3-6(12)8(14)15/h1-2,6,10,12H,3H2,(H,11,13)(H,14,15)/t6-/m0/s1. The number of hydrogen-bond donors (Lipinski definition) is 4. The zero-order valence-electron chi connectivity index (χ0n) is 7.53. The summed E-state index contributed by atoms with van der Waals surface area (Å²) in [7, 11) is 0. The SMILES string of the molecule is O=C(NC[C@H](O)C(=O)O)c1cc(Br)c[nH]1. The molecule has 0 aliphatic carbocycles. The highest BCUT2D eigenvalue weighted by molar-refractivity contribution is 9.10. The lowest BCUT2D eigenvalue weighted by molar-refractivity contribution is -0.146. The van der Waals surface area contributed by atoms with E-state index >= 15 is 0 Å². The first-order chi connectivity index (χ1) is 7.00. The van der Waals surface area contributed by atoms with E-state index in [0.29, 0.717) is 10.2 Å². The molecule has 0 unspecified atom stereocenters. The zero-order chi connectivity index (χ0) is 11.4. The van der Waals surface area contributed by atoms with Crippen LogP contribution in [0.5, 0.6) is 0 Å². The van der Waals surface area contributed by atoms with Crippen LogP contribution in [-0.4, -0.2) is 39.7 Å². The number of carboxylic acid groups (broad SMARTS) is 1. The summed E-state index contributed by atoms with van der Waals surface area (Å²) in [6.45, 7) is -0.329. The lowest BCUT2D eigenvalue weighted by Gasteiger charge is -2.06. The maximum absolute atomic E-state index is 11.3. The molecular formula is C8H9BrN2O4. The molecule has 1 atom stereocenters. The summed E-state index contributed by atoms with van der Waals surface area (Å²) in [6.07, 6.45) is -0.0185. The Bertz CT molecular complexity index is 376. The molecule has 0 bridgehead atoms. The van der Waals surface area contributed by atoms with Crippen LogP contribution in [-0.2, 0) is 4.79 Å². The average molecular weight is 277 g/mol. The van der Waals surface area contributed by atoms with Gasteiger partial charge in [0.1, 0.15) is 5.69 Å². The van der Waals surface area contributed by atoms with Crippen molar-refractivity contribution >= 4 is 27.8 Å². The van der Waals surface area contributed by atoms with E-state index in [0.717, 1.165) is 0 Å². The highest BCUT2D eigenvalue weighted by Gasteiger charge is 2.15. The van der Waals surface area contributed by atoms with E-state index in [1.165, 1.54) is 0 Å². The Morgan fingerprint density at radius 3 is 2.73 bits per heavy atom. The van der Waals surface area contributed by atoms with Crippen molar-refractivity contribution < 1.29 is 19.8 Å². The summed E-state index contributed by atoms with van der Waals surface area (Å²) in [4.78, 5) is 24.2. The highest BCUT2D eigenvalue weighted by Crippen LogP contribution is 2.10. The number of carboxylic acids is 1. The molecule has 7 heteroatoms. The van der Waals surface area contributed by atoms with E-state index in [-0.39, 0.29) is 6.54 Å². The lowest BCUT2D eigenvalue weighted by Crippen LogP contribution is -2.36. The number of hydrogen-bond acceptors (Lipinski definition) is 3. The number of nitrogens with one attached hydrogen (secondary N) is 2. The third kappa shape index (κ3) is 3.37. The van der Waals surface area contributed by atoms with Crippen LogP contribution in [0.4, 0.5) is 0 Å². The van der Waals surface area contributed by atoms with Crippen molar-refractivity contribution in [3.8, 4) is 0 Å². The number of aromatic amines is 1. The number of carbonyl (C=O) groups excluding carboxylic acids is 1. The van der Waals surface area contributed by atoms with Gasteiger partial charge < -0.3 is 20.5 Å². The molecule has 0 aliphatic heterocycles. The molecule has 1 rings (SSSR count). The fourth-order valence-electron chi connectivity index (χ4n) is 0.871. The van der Waals surface area contributed by atoms with Crippen molar-refractivity contribution in [1.82, 2.24) is 10.3 Å². The summed E-state index contributed by atoms with van der Waals surface area (Å²) in [5, 5.41) is 19.5. The molecule has 0 spiro atoms. The Labute approximate surface area is 93.4 Å². The van der Waals surface area contributed by atoms with Gasteiger partial charge in [0.05, 0.1) is 6.54 Å². The van der Waals surface area contributed by atoms with Gasteiger partial charge in [-0.3, -0.25) is 4.79 Å². The molecule has 1 aromatic rings. The van der Waals surface area contributed by atoms with E-state index in [9.17, 15) is 9.59 Å². The van der Waals surface area contributed by atoms with Gasteiger partial charge in [-0.15, -0.1) is 0 Å². The fraction of sp³-hybridized carbons (Fsp3) is 0.250. The molecule has 1 amide bonds. The van der Waals surface area contributed by atoms with E-state index in [1.54, 1.807) is 12.3 Å². The van der Waals surface area contributed by atoms with Crippen LogP contribution in [0, 0.1) is 0 Å². The highest BCUT2D eigenvalue weighted by atomic mass is 79.9. The molecule has 0 radical (unpaired) electrons. The third-order valence-electron chi connectivity index (χ3n) is 1.63. The predicted octanol–water partition coefficient (Wildman–Crippen LogP) is -0.0475. The normalized spacial score (nSPS) is 12.1. The number of aliphatic hydroxyl groups excluding tert-OH is 1. The van der Waals surface area contributed by atoms with Crippen molar-refractivity contribution in [1.29, 1.82) is 0 Å². The minimum absolute atomic E-state index is 0.291. The molecule has 0 aliphatic rings. The first kappa shape index (κ1) is 11.7. The van der Waals surface area contributed by atoms with Gasteiger partial charge in [0.2, 0.25) is 0 Å². The van der Waals surface area contributed by atoms with Crippen LogP contribution in [0.15, 0.2) is 16.7 Å². The van der Waals surface area contributed by atoms with Gasteiger partial charge in [-0.2, -0.15) is 0 Å². The fourth-order valence-corrected chi connectivity index (χ4v) is 1.21. The van der Waals surface area contributed by atoms with Crippen molar-refractivity contribution in [2.75, 3.05) is 6.54 Å². The predicted molar refractivity (Wildman–Crippen MR) is 54.5 cm³/mol. The Morgan fingerprint density at radius 2 is 2.27 bits per heavy atom. The quantitative estimate of drug-likeness (QED) is 0.619. The van der Waals surface area contributed by atoms with E-state index < -0.39 is 18.0 Å².